The van der Waals surface area contributed by atoms with Crippen LogP contribution in [-0.4, -0.2) is 24.5 Å². The Hall–Kier alpha value is -0.860. The molecule has 0 aliphatic rings. The zero-order chi connectivity index (χ0) is 12.7. The van der Waals surface area contributed by atoms with Crippen molar-refractivity contribution in [3.05, 3.63) is 35.9 Å². The summed E-state index contributed by atoms with van der Waals surface area (Å²) >= 11 is 0. The highest BCUT2D eigenvalue weighted by Gasteiger charge is 2.16. The van der Waals surface area contributed by atoms with Gasteiger partial charge < -0.3 is 5.73 Å². The van der Waals surface area contributed by atoms with Crippen LogP contribution in [0.2, 0.25) is 0 Å². The Morgan fingerprint density at radius 3 is 2.35 bits per heavy atom. The van der Waals surface area contributed by atoms with E-state index in [4.69, 9.17) is 5.73 Å². The van der Waals surface area contributed by atoms with Crippen molar-refractivity contribution in [1.82, 2.24) is 4.90 Å². The van der Waals surface area contributed by atoms with Crippen molar-refractivity contribution >= 4 is 0 Å². The lowest BCUT2D eigenvalue weighted by Gasteiger charge is -2.27. The largest absolute Gasteiger partial charge is 0.330 e. The molecule has 0 unspecified atom stereocenters. The first-order valence-electron chi connectivity index (χ1n) is 6.54. The second-order valence-corrected chi connectivity index (χ2v) is 5.47. The van der Waals surface area contributed by atoms with Gasteiger partial charge in [0.2, 0.25) is 0 Å². The van der Waals surface area contributed by atoms with Crippen LogP contribution in [0.4, 0.5) is 0 Å². The molecule has 0 saturated carbocycles. The summed E-state index contributed by atoms with van der Waals surface area (Å²) < 4.78 is 0. The Labute approximate surface area is 106 Å². The van der Waals surface area contributed by atoms with Gasteiger partial charge in [-0.3, -0.25) is 4.90 Å². The van der Waals surface area contributed by atoms with Crippen LogP contribution in [-0.2, 0) is 6.54 Å². The molecule has 0 aromatic heterocycles. The summed E-state index contributed by atoms with van der Waals surface area (Å²) in [7, 11) is 0. The van der Waals surface area contributed by atoms with Crippen LogP contribution in [0, 0.1) is 5.41 Å². The van der Waals surface area contributed by atoms with Crippen molar-refractivity contribution in [3.63, 3.8) is 0 Å². The first-order chi connectivity index (χ1) is 8.07. The van der Waals surface area contributed by atoms with Crippen molar-refractivity contribution in [2.24, 2.45) is 11.1 Å². The molecule has 2 N–H and O–H groups in total. The van der Waals surface area contributed by atoms with Crippen LogP contribution in [0.1, 0.15) is 32.8 Å². The maximum absolute atomic E-state index is 5.77. The molecule has 0 spiro atoms. The van der Waals surface area contributed by atoms with Crippen LogP contribution in [0.3, 0.4) is 0 Å². The minimum Gasteiger partial charge on any atom is -0.330 e. The topological polar surface area (TPSA) is 29.3 Å². The van der Waals surface area contributed by atoms with Crippen LogP contribution in [0.5, 0.6) is 0 Å². The lowest BCUT2D eigenvalue weighted by atomic mass is 9.89. The van der Waals surface area contributed by atoms with Gasteiger partial charge in [-0.1, -0.05) is 51.1 Å². The highest BCUT2D eigenvalue weighted by atomic mass is 15.1. The zero-order valence-electron chi connectivity index (χ0n) is 11.4. The minimum absolute atomic E-state index is 0.254. The highest BCUT2D eigenvalue weighted by molar-refractivity contribution is 5.14. The average Bonchev–Trinajstić information content (AvgIpc) is 2.35. The van der Waals surface area contributed by atoms with E-state index in [1.54, 1.807) is 0 Å². The third-order valence-electron chi connectivity index (χ3n) is 3.35. The normalized spacial score (nSPS) is 12.1. The fourth-order valence-electron chi connectivity index (χ4n) is 1.75. The van der Waals surface area contributed by atoms with E-state index in [9.17, 15) is 0 Å². The smallest absolute Gasteiger partial charge is 0.0233 e. The first-order valence-corrected chi connectivity index (χ1v) is 6.54. The third kappa shape index (κ3) is 5.33. The Balaban J connectivity index is 2.44. The summed E-state index contributed by atoms with van der Waals surface area (Å²) in [4.78, 5) is 2.48. The van der Waals surface area contributed by atoms with Gasteiger partial charge in [-0.15, -0.1) is 0 Å². The predicted molar refractivity (Wildman–Crippen MR) is 74.8 cm³/mol. The number of rotatable bonds is 7. The molecule has 0 aliphatic carbocycles. The zero-order valence-corrected chi connectivity index (χ0v) is 11.4. The van der Waals surface area contributed by atoms with Crippen LogP contribution >= 0.6 is 0 Å². The monoisotopic (exact) mass is 234 g/mol. The van der Waals surface area contributed by atoms with E-state index in [1.165, 1.54) is 5.56 Å². The summed E-state index contributed by atoms with van der Waals surface area (Å²) in [5, 5.41) is 0. The number of nitrogens with two attached hydrogens (primary N) is 1. The lowest BCUT2D eigenvalue weighted by molar-refractivity contribution is 0.223. The molecule has 0 bridgehead atoms. The molecular weight excluding hydrogens is 208 g/mol. The van der Waals surface area contributed by atoms with Gasteiger partial charge in [-0.2, -0.15) is 0 Å². The number of hydrogen-bond acceptors (Lipinski definition) is 2. The minimum atomic E-state index is 0.254. The van der Waals surface area contributed by atoms with Crippen LogP contribution in [0.15, 0.2) is 30.3 Å². The molecule has 0 radical (unpaired) electrons. The van der Waals surface area contributed by atoms with Crippen LogP contribution in [0.25, 0.3) is 0 Å². The predicted octanol–water partition coefficient (Wildman–Crippen LogP) is 2.88. The highest BCUT2D eigenvalue weighted by Crippen LogP contribution is 2.19. The van der Waals surface area contributed by atoms with Gasteiger partial charge in [-0.05, 0) is 37.0 Å². The van der Waals surface area contributed by atoms with Crippen LogP contribution < -0.4 is 5.73 Å². The molecule has 2 nitrogen and oxygen atoms in total. The molecule has 0 aliphatic heterocycles. The Morgan fingerprint density at radius 1 is 1.18 bits per heavy atom. The maximum Gasteiger partial charge on any atom is 0.0233 e. The van der Waals surface area contributed by atoms with Crippen molar-refractivity contribution in [2.45, 2.75) is 33.7 Å². The summed E-state index contributed by atoms with van der Waals surface area (Å²) in [6, 6.07) is 10.7. The van der Waals surface area contributed by atoms with Gasteiger partial charge in [0.05, 0.1) is 0 Å². The number of benzene rings is 1. The Bertz CT molecular complexity index is 306. The SMILES string of the molecule is CCN(CCC(C)(C)CN)Cc1ccccc1. The Morgan fingerprint density at radius 2 is 1.82 bits per heavy atom. The second kappa shape index (κ2) is 6.77. The first kappa shape index (κ1) is 14.2. The van der Waals surface area contributed by atoms with Gasteiger partial charge in [0, 0.05) is 6.54 Å². The van der Waals surface area contributed by atoms with Crippen molar-refractivity contribution < 1.29 is 0 Å². The summed E-state index contributed by atoms with van der Waals surface area (Å²) in [6.45, 7) is 10.7. The summed E-state index contributed by atoms with van der Waals surface area (Å²) in [5.41, 5.74) is 7.41. The van der Waals surface area contributed by atoms with Gasteiger partial charge in [0.1, 0.15) is 0 Å². The molecule has 0 saturated heterocycles. The molecule has 2 heteroatoms. The van der Waals surface area contributed by atoms with E-state index in [2.05, 4.69) is 56.0 Å². The van der Waals surface area contributed by atoms with Gasteiger partial charge >= 0.3 is 0 Å². The summed E-state index contributed by atoms with van der Waals surface area (Å²) in [5.74, 6) is 0. The average molecular weight is 234 g/mol. The van der Waals surface area contributed by atoms with Gasteiger partial charge in [-0.25, -0.2) is 0 Å². The van der Waals surface area contributed by atoms with E-state index in [-0.39, 0.29) is 5.41 Å². The molecule has 17 heavy (non-hydrogen) atoms. The Kier molecular flexibility index (Phi) is 5.66. The molecular formula is C15H26N2. The fourth-order valence-corrected chi connectivity index (χ4v) is 1.75. The van der Waals surface area contributed by atoms with E-state index in [1.807, 2.05) is 0 Å². The molecule has 0 amide bonds. The molecule has 1 aromatic carbocycles. The molecule has 0 atom stereocenters. The van der Waals surface area contributed by atoms with Gasteiger partial charge in [0.25, 0.3) is 0 Å². The quantitative estimate of drug-likeness (QED) is 0.786. The molecule has 96 valence electrons. The van der Waals surface area contributed by atoms with Crippen molar-refractivity contribution in [1.29, 1.82) is 0 Å². The van der Waals surface area contributed by atoms with E-state index >= 15 is 0 Å². The molecule has 1 rings (SSSR count). The number of hydrogen-bond donors (Lipinski definition) is 1. The van der Waals surface area contributed by atoms with E-state index in [0.717, 1.165) is 32.6 Å². The summed E-state index contributed by atoms with van der Waals surface area (Å²) in [6.07, 6.45) is 1.16. The molecule has 0 heterocycles. The van der Waals surface area contributed by atoms with Gasteiger partial charge in [0.15, 0.2) is 0 Å². The van der Waals surface area contributed by atoms with Crippen molar-refractivity contribution in [2.75, 3.05) is 19.6 Å². The molecule has 0 fully saturated rings. The van der Waals surface area contributed by atoms with E-state index < -0.39 is 0 Å². The molecule has 1 aromatic rings. The number of nitrogens with zero attached hydrogens (tertiary/aromatic N) is 1. The second-order valence-electron chi connectivity index (χ2n) is 5.47. The van der Waals surface area contributed by atoms with Crippen molar-refractivity contribution in [3.8, 4) is 0 Å². The fraction of sp³-hybridized carbons (Fsp3) is 0.600. The standard InChI is InChI=1S/C15H26N2/c1-4-17(11-10-15(2,3)13-16)12-14-8-6-5-7-9-14/h5-9H,4,10-13,16H2,1-3H3. The third-order valence-corrected chi connectivity index (χ3v) is 3.35. The maximum atomic E-state index is 5.77. The lowest BCUT2D eigenvalue weighted by Crippen LogP contribution is -2.31. The van der Waals surface area contributed by atoms with E-state index in [0.29, 0.717) is 0 Å².